The number of ether oxygens (including phenoxy) is 2. The van der Waals surface area contributed by atoms with Crippen molar-refractivity contribution in [3.63, 3.8) is 0 Å². The zero-order valence-corrected chi connectivity index (χ0v) is 21.8. The van der Waals surface area contributed by atoms with Crippen molar-refractivity contribution < 1.29 is 29.0 Å². The maximum atomic E-state index is 12.7. The Morgan fingerprint density at radius 3 is 2.92 bits per heavy atom. The number of anilines is 3. The standard InChI is InChI=1S/C26H26N6O6S/c1-37-23-5-3-17-24(30-23)20(6-7-27-17)31-11-16(25(34)35)19(12-31)28-9-15-10-32(26(36)38-15)14-2-4-21-18(8-14)29-22(33)13-39-21/h2-8,15-16,19,28H,9-13H2,1H3,(H,29,33)(H,34,35)/t15-,16-,19-/m0/s1. The molecule has 0 bridgehead atoms. The zero-order valence-electron chi connectivity index (χ0n) is 21.0. The van der Waals surface area contributed by atoms with Gasteiger partial charge in [-0.3, -0.25) is 19.5 Å². The van der Waals surface area contributed by atoms with Crippen molar-refractivity contribution in [3.05, 3.63) is 42.6 Å². The third-order valence-corrected chi connectivity index (χ3v) is 8.19. The first-order chi connectivity index (χ1) is 18.9. The minimum atomic E-state index is -0.905. The van der Waals surface area contributed by atoms with Crippen molar-refractivity contribution in [2.75, 3.05) is 54.2 Å². The number of aliphatic carboxylic acids is 1. The van der Waals surface area contributed by atoms with Crippen LogP contribution in [0.15, 0.2) is 47.5 Å². The number of thioether (sulfide) groups is 1. The minimum Gasteiger partial charge on any atom is -0.481 e. The summed E-state index contributed by atoms with van der Waals surface area (Å²) in [7, 11) is 1.54. The minimum absolute atomic E-state index is 0.0796. The molecule has 6 rings (SSSR count). The summed E-state index contributed by atoms with van der Waals surface area (Å²) in [6.45, 7) is 1.33. The van der Waals surface area contributed by atoms with Gasteiger partial charge in [0.05, 0.1) is 42.2 Å². The predicted molar refractivity (Wildman–Crippen MR) is 145 cm³/mol. The average molecular weight is 551 g/mol. The molecule has 0 unspecified atom stereocenters. The Bertz CT molecular complexity index is 1470. The lowest BCUT2D eigenvalue weighted by molar-refractivity contribution is -0.141. The van der Waals surface area contributed by atoms with Crippen LogP contribution in [0.1, 0.15) is 0 Å². The van der Waals surface area contributed by atoms with Gasteiger partial charge < -0.3 is 30.1 Å². The van der Waals surface area contributed by atoms with E-state index in [1.807, 2.05) is 29.2 Å². The smallest absolute Gasteiger partial charge is 0.414 e. The van der Waals surface area contributed by atoms with Gasteiger partial charge in [0.15, 0.2) is 0 Å². The van der Waals surface area contributed by atoms with Gasteiger partial charge in [-0.05, 0) is 30.3 Å². The SMILES string of the molecule is COc1ccc2nccc(N3C[C@H](NC[C@H]4CN(c5ccc6c(c5)NC(=O)CS6)C(=O)O4)[C@@H](C(=O)O)C3)c2n1. The van der Waals surface area contributed by atoms with Gasteiger partial charge >= 0.3 is 12.1 Å². The molecular formula is C26H26N6O6S. The summed E-state index contributed by atoms with van der Waals surface area (Å²) in [6.07, 6.45) is 0.732. The van der Waals surface area contributed by atoms with E-state index in [4.69, 9.17) is 9.47 Å². The van der Waals surface area contributed by atoms with Gasteiger partial charge in [-0.15, -0.1) is 11.8 Å². The molecule has 39 heavy (non-hydrogen) atoms. The Hall–Kier alpha value is -4.10. The van der Waals surface area contributed by atoms with Crippen molar-refractivity contribution in [1.29, 1.82) is 0 Å². The van der Waals surface area contributed by atoms with Crippen LogP contribution in [0.3, 0.4) is 0 Å². The highest BCUT2D eigenvalue weighted by molar-refractivity contribution is 8.00. The lowest BCUT2D eigenvalue weighted by Crippen LogP contribution is -2.43. The molecule has 3 aromatic rings. The second kappa shape index (κ2) is 10.2. The fourth-order valence-corrected chi connectivity index (χ4v) is 5.97. The lowest BCUT2D eigenvalue weighted by Gasteiger charge is -2.21. The predicted octanol–water partition coefficient (Wildman–Crippen LogP) is 2.19. The van der Waals surface area contributed by atoms with Crippen LogP contribution in [0, 0.1) is 5.92 Å². The summed E-state index contributed by atoms with van der Waals surface area (Å²) in [4.78, 5) is 49.9. The van der Waals surface area contributed by atoms with Crippen molar-refractivity contribution in [2.45, 2.75) is 17.0 Å². The number of aromatic nitrogens is 2. The average Bonchev–Trinajstić information content (AvgIpc) is 3.54. The largest absolute Gasteiger partial charge is 0.481 e. The van der Waals surface area contributed by atoms with Crippen LogP contribution in [-0.2, 0) is 14.3 Å². The molecule has 0 spiro atoms. The summed E-state index contributed by atoms with van der Waals surface area (Å²) >= 11 is 1.45. The Balaban J connectivity index is 1.14. The Morgan fingerprint density at radius 1 is 1.23 bits per heavy atom. The number of nitrogens with one attached hydrogen (secondary N) is 2. The van der Waals surface area contributed by atoms with Crippen LogP contribution in [0.2, 0.25) is 0 Å². The van der Waals surface area contributed by atoms with E-state index in [0.717, 1.165) is 10.6 Å². The van der Waals surface area contributed by atoms with Gasteiger partial charge in [0.2, 0.25) is 11.8 Å². The summed E-state index contributed by atoms with van der Waals surface area (Å²) < 4.78 is 10.9. The number of pyridine rings is 2. The van der Waals surface area contributed by atoms with Crippen molar-refractivity contribution in [2.24, 2.45) is 5.92 Å². The van der Waals surface area contributed by atoms with Gasteiger partial charge in [0.1, 0.15) is 11.6 Å². The van der Waals surface area contributed by atoms with Crippen molar-refractivity contribution in [3.8, 4) is 5.88 Å². The molecule has 3 N–H and O–H groups in total. The number of carboxylic acids is 1. The number of hydrogen-bond donors (Lipinski definition) is 3. The summed E-state index contributed by atoms with van der Waals surface area (Å²) in [5.74, 6) is -0.840. The molecule has 13 heteroatoms. The van der Waals surface area contributed by atoms with Crippen molar-refractivity contribution in [1.82, 2.24) is 15.3 Å². The summed E-state index contributed by atoms with van der Waals surface area (Å²) in [5.41, 5.74) is 3.42. The highest BCUT2D eigenvalue weighted by Crippen LogP contribution is 2.36. The number of hydrogen-bond acceptors (Lipinski definition) is 10. The van der Waals surface area contributed by atoms with E-state index in [-0.39, 0.29) is 11.9 Å². The fraction of sp³-hybridized carbons (Fsp3) is 0.346. The Labute approximate surface area is 227 Å². The molecule has 2 aromatic heterocycles. The maximum absolute atomic E-state index is 12.7. The molecule has 5 heterocycles. The van der Waals surface area contributed by atoms with Gasteiger partial charge in [-0.1, -0.05) is 0 Å². The van der Waals surface area contributed by atoms with E-state index in [0.29, 0.717) is 60.2 Å². The molecule has 12 nitrogen and oxygen atoms in total. The quantitative estimate of drug-likeness (QED) is 0.398. The number of cyclic esters (lactones) is 1. The Kier molecular flexibility index (Phi) is 6.61. The highest BCUT2D eigenvalue weighted by atomic mass is 32.2. The molecule has 3 aliphatic heterocycles. The van der Waals surface area contributed by atoms with Crippen LogP contribution >= 0.6 is 11.8 Å². The molecule has 202 valence electrons. The highest BCUT2D eigenvalue weighted by Gasteiger charge is 2.40. The first-order valence-corrected chi connectivity index (χ1v) is 13.4. The maximum Gasteiger partial charge on any atom is 0.414 e. The topological polar surface area (TPSA) is 146 Å². The molecule has 1 aromatic carbocycles. The van der Waals surface area contributed by atoms with Gasteiger partial charge in [0, 0.05) is 48.5 Å². The number of rotatable bonds is 7. The summed E-state index contributed by atoms with van der Waals surface area (Å²) in [5, 5.41) is 16.1. The van der Waals surface area contributed by atoms with Crippen LogP contribution in [-0.4, -0.2) is 84.2 Å². The van der Waals surface area contributed by atoms with Crippen LogP contribution in [0.5, 0.6) is 5.88 Å². The van der Waals surface area contributed by atoms with E-state index < -0.39 is 24.1 Å². The number of nitrogens with zero attached hydrogens (tertiary/aromatic N) is 4. The number of fused-ring (bicyclic) bond motifs is 2. The van der Waals surface area contributed by atoms with E-state index >= 15 is 0 Å². The third-order valence-electron chi connectivity index (χ3n) is 7.11. The first kappa shape index (κ1) is 25.2. The van der Waals surface area contributed by atoms with E-state index in [2.05, 4.69) is 20.6 Å². The van der Waals surface area contributed by atoms with Crippen LogP contribution < -0.4 is 25.2 Å². The van der Waals surface area contributed by atoms with E-state index in [9.17, 15) is 19.5 Å². The van der Waals surface area contributed by atoms with E-state index in [1.165, 1.54) is 16.7 Å². The van der Waals surface area contributed by atoms with E-state index in [1.54, 1.807) is 25.4 Å². The molecule has 2 fully saturated rings. The number of benzene rings is 1. The zero-order chi connectivity index (χ0) is 27.1. The monoisotopic (exact) mass is 550 g/mol. The van der Waals surface area contributed by atoms with Crippen molar-refractivity contribution >= 4 is 57.8 Å². The normalized spacial score (nSPS) is 22.5. The molecule has 0 radical (unpaired) electrons. The molecule has 0 saturated carbocycles. The number of methoxy groups -OCH3 is 1. The second-order valence-corrected chi connectivity index (χ2v) is 10.6. The lowest BCUT2D eigenvalue weighted by atomic mass is 10.0. The molecule has 3 aliphatic rings. The van der Waals surface area contributed by atoms with Gasteiger partial charge in [-0.25, -0.2) is 9.78 Å². The van der Waals surface area contributed by atoms with Crippen LogP contribution in [0.25, 0.3) is 11.0 Å². The number of carbonyl (C=O) groups excluding carboxylic acids is 2. The van der Waals surface area contributed by atoms with Gasteiger partial charge in [0.25, 0.3) is 0 Å². The van der Waals surface area contributed by atoms with Gasteiger partial charge in [-0.2, -0.15) is 0 Å². The molecule has 2 amide bonds. The molecular weight excluding hydrogens is 524 g/mol. The number of carbonyl (C=O) groups is 3. The fourth-order valence-electron chi connectivity index (χ4n) is 5.18. The summed E-state index contributed by atoms with van der Waals surface area (Å²) in [6, 6.07) is 10.5. The number of amides is 2. The molecule has 3 atom stereocenters. The number of carboxylic acid groups (broad SMARTS) is 1. The second-order valence-electron chi connectivity index (χ2n) is 9.55. The van der Waals surface area contributed by atoms with Crippen LogP contribution in [0.4, 0.5) is 21.9 Å². The third kappa shape index (κ3) is 4.90. The Morgan fingerprint density at radius 2 is 2.10 bits per heavy atom. The first-order valence-electron chi connectivity index (χ1n) is 12.5. The molecule has 0 aliphatic carbocycles. The molecule has 2 saturated heterocycles.